The number of aryl methyl sites for hydroxylation is 1. The number of halogens is 2. The number of esters is 1. The lowest BCUT2D eigenvalue weighted by Crippen LogP contribution is -2.17. The van der Waals surface area contributed by atoms with Crippen LogP contribution in [0.4, 0.5) is 14.6 Å². The van der Waals surface area contributed by atoms with Crippen molar-refractivity contribution in [1.82, 2.24) is 9.55 Å². The summed E-state index contributed by atoms with van der Waals surface area (Å²) in [4.78, 5) is 17.1. The normalized spacial score (nSPS) is 13.6. The predicted octanol–water partition coefficient (Wildman–Crippen LogP) is 5.84. The molecular formula is C29H29F2N3O3. The van der Waals surface area contributed by atoms with Crippen LogP contribution in [-0.2, 0) is 22.4 Å². The van der Waals surface area contributed by atoms with E-state index in [0.717, 1.165) is 47.9 Å². The second-order valence-corrected chi connectivity index (χ2v) is 9.11. The Labute approximate surface area is 214 Å². The lowest BCUT2D eigenvalue weighted by atomic mass is 10.0. The van der Waals surface area contributed by atoms with Crippen molar-refractivity contribution < 1.29 is 23.0 Å². The smallest absolute Gasteiger partial charge is 0.308 e. The summed E-state index contributed by atoms with van der Waals surface area (Å²) < 4.78 is 41.0. The molecule has 0 fully saturated rings. The van der Waals surface area contributed by atoms with Gasteiger partial charge in [0.25, 0.3) is 0 Å². The van der Waals surface area contributed by atoms with E-state index in [0.29, 0.717) is 24.3 Å². The highest BCUT2D eigenvalue weighted by molar-refractivity contribution is 5.82. The summed E-state index contributed by atoms with van der Waals surface area (Å²) >= 11 is 0. The summed E-state index contributed by atoms with van der Waals surface area (Å²) in [5.74, 6) is -0.146. The van der Waals surface area contributed by atoms with E-state index in [1.54, 1.807) is 6.92 Å². The van der Waals surface area contributed by atoms with Crippen LogP contribution < -0.4 is 10.1 Å². The van der Waals surface area contributed by atoms with Crippen molar-refractivity contribution >= 4 is 22.7 Å². The molecule has 0 saturated carbocycles. The van der Waals surface area contributed by atoms with Gasteiger partial charge < -0.3 is 19.4 Å². The SMILES string of the molecule is CCOC(=O)CC(c1cc(F)cc(F)c1)n1ccc2cc(OCCc3ccc4c(n3)NCCC4)ccc21. The Morgan fingerprint density at radius 2 is 1.95 bits per heavy atom. The zero-order chi connectivity index (χ0) is 25.8. The number of pyridine rings is 1. The van der Waals surface area contributed by atoms with Crippen LogP contribution in [0.1, 0.15) is 42.6 Å². The van der Waals surface area contributed by atoms with E-state index in [1.807, 2.05) is 35.0 Å². The van der Waals surface area contributed by atoms with Crippen LogP contribution in [0, 0.1) is 11.6 Å². The van der Waals surface area contributed by atoms with Crippen molar-refractivity contribution in [2.45, 2.75) is 38.6 Å². The molecule has 1 N–H and O–H groups in total. The maximum atomic E-state index is 14.0. The molecule has 1 unspecified atom stereocenters. The Kier molecular flexibility index (Phi) is 7.35. The fourth-order valence-electron chi connectivity index (χ4n) is 4.81. The van der Waals surface area contributed by atoms with Gasteiger partial charge >= 0.3 is 5.97 Å². The van der Waals surface area contributed by atoms with E-state index < -0.39 is 23.6 Å². The minimum atomic E-state index is -0.694. The zero-order valence-corrected chi connectivity index (χ0v) is 20.7. The molecule has 1 atom stereocenters. The number of nitrogens with zero attached hydrogens (tertiary/aromatic N) is 2. The number of carbonyl (C=O) groups is 1. The molecule has 8 heteroatoms. The highest BCUT2D eigenvalue weighted by atomic mass is 19.1. The predicted molar refractivity (Wildman–Crippen MR) is 138 cm³/mol. The number of aromatic nitrogens is 2. The Morgan fingerprint density at radius 3 is 2.76 bits per heavy atom. The number of ether oxygens (including phenoxy) is 2. The summed E-state index contributed by atoms with van der Waals surface area (Å²) in [6.07, 6.45) is 4.62. The van der Waals surface area contributed by atoms with Crippen LogP contribution in [-0.4, -0.2) is 35.3 Å². The summed E-state index contributed by atoms with van der Waals surface area (Å²) in [6, 6.07) is 14.4. The monoisotopic (exact) mass is 505 g/mol. The first kappa shape index (κ1) is 24.7. The van der Waals surface area contributed by atoms with Crippen molar-refractivity contribution in [2.75, 3.05) is 25.1 Å². The van der Waals surface area contributed by atoms with Crippen molar-refractivity contribution in [1.29, 1.82) is 0 Å². The molecule has 192 valence electrons. The molecule has 2 aromatic heterocycles. The van der Waals surface area contributed by atoms with Gasteiger partial charge in [-0.05, 0) is 73.4 Å². The van der Waals surface area contributed by atoms with Gasteiger partial charge in [-0.15, -0.1) is 0 Å². The van der Waals surface area contributed by atoms with Crippen LogP contribution in [0.5, 0.6) is 5.75 Å². The Morgan fingerprint density at radius 1 is 1.11 bits per heavy atom. The molecule has 6 nitrogen and oxygen atoms in total. The van der Waals surface area contributed by atoms with E-state index in [9.17, 15) is 13.6 Å². The fraction of sp³-hybridized carbons (Fsp3) is 0.310. The summed E-state index contributed by atoms with van der Waals surface area (Å²) in [5, 5.41) is 4.24. The third-order valence-electron chi connectivity index (χ3n) is 6.54. The van der Waals surface area contributed by atoms with Gasteiger partial charge in [0.1, 0.15) is 23.2 Å². The lowest BCUT2D eigenvalue weighted by Gasteiger charge is -2.20. The number of hydrogen-bond acceptors (Lipinski definition) is 5. The third kappa shape index (κ3) is 5.74. The summed E-state index contributed by atoms with van der Waals surface area (Å²) in [6.45, 7) is 3.38. The van der Waals surface area contributed by atoms with Gasteiger partial charge in [0.15, 0.2) is 0 Å². The number of anilines is 1. The molecule has 37 heavy (non-hydrogen) atoms. The number of benzene rings is 2. The van der Waals surface area contributed by atoms with Gasteiger partial charge in [0.05, 0.1) is 25.7 Å². The lowest BCUT2D eigenvalue weighted by molar-refractivity contribution is -0.143. The first-order valence-electron chi connectivity index (χ1n) is 12.6. The van der Waals surface area contributed by atoms with Crippen LogP contribution in [0.15, 0.2) is 60.8 Å². The second-order valence-electron chi connectivity index (χ2n) is 9.11. The average Bonchev–Trinajstić information content (AvgIpc) is 3.30. The van der Waals surface area contributed by atoms with Gasteiger partial charge in [0, 0.05) is 41.8 Å². The second kappa shape index (κ2) is 11.0. The summed E-state index contributed by atoms with van der Waals surface area (Å²) in [5.41, 5.74) is 3.40. The van der Waals surface area contributed by atoms with Crippen molar-refractivity contribution in [3.63, 3.8) is 0 Å². The largest absolute Gasteiger partial charge is 0.493 e. The Hall–Kier alpha value is -3.94. The topological polar surface area (TPSA) is 65.4 Å². The van der Waals surface area contributed by atoms with Crippen LogP contribution in [0.2, 0.25) is 0 Å². The number of carbonyl (C=O) groups excluding carboxylic acids is 1. The van der Waals surface area contributed by atoms with E-state index in [4.69, 9.17) is 14.5 Å². The first-order valence-corrected chi connectivity index (χ1v) is 12.6. The molecule has 2 aromatic carbocycles. The highest BCUT2D eigenvalue weighted by Crippen LogP contribution is 2.31. The average molecular weight is 506 g/mol. The molecule has 1 aliphatic rings. The number of rotatable bonds is 9. The molecule has 0 amide bonds. The molecule has 0 bridgehead atoms. The summed E-state index contributed by atoms with van der Waals surface area (Å²) in [7, 11) is 0. The van der Waals surface area contributed by atoms with Crippen molar-refractivity contribution in [2.24, 2.45) is 0 Å². The van der Waals surface area contributed by atoms with Crippen LogP contribution in [0.3, 0.4) is 0 Å². The molecule has 4 aromatic rings. The molecule has 1 aliphatic heterocycles. The maximum Gasteiger partial charge on any atom is 0.308 e. The van der Waals surface area contributed by atoms with Gasteiger partial charge in [-0.2, -0.15) is 0 Å². The Bertz CT molecular complexity index is 1400. The van der Waals surface area contributed by atoms with Crippen molar-refractivity contribution in [3.8, 4) is 5.75 Å². The molecule has 3 heterocycles. The molecule has 5 rings (SSSR count). The van der Waals surface area contributed by atoms with Crippen molar-refractivity contribution in [3.05, 3.63) is 89.2 Å². The molecule has 0 aliphatic carbocycles. The minimum Gasteiger partial charge on any atom is -0.493 e. The number of hydrogen-bond donors (Lipinski definition) is 1. The highest BCUT2D eigenvalue weighted by Gasteiger charge is 2.22. The van der Waals surface area contributed by atoms with Gasteiger partial charge in [-0.25, -0.2) is 13.8 Å². The van der Waals surface area contributed by atoms with E-state index in [2.05, 4.69) is 17.4 Å². The molecule has 0 radical (unpaired) electrons. The van der Waals surface area contributed by atoms with E-state index in [1.165, 1.54) is 17.7 Å². The first-order chi connectivity index (χ1) is 18.0. The van der Waals surface area contributed by atoms with Crippen LogP contribution >= 0.6 is 0 Å². The maximum absolute atomic E-state index is 14.0. The quantitative estimate of drug-likeness (QED) is 0.290. The fourth-order valence-corrected chi connectivity index (χ4v) is 4.81. The Balaban J connectivity index is 1.33. The van der Waals surface area contributed by atoms with Crippen LogP contribution in [0.25, 0.3) is 10.9 Å². The molecule has 0 saturated heterocycles. The number of fused-ring (bicyclic) bond motifs is 2. The van der Waals surface area contributed by atoms with E-state index >= 15 is 0 Å². The zero-order valence-electron chi connectivity index (χ0n) is 20.7. The minimum absolute atomic E-state index is 0.0542. The molecular weight excluding hydrogens is 476 g/mol. The third-order valence-corrected chi connectivity index (χ3v) is 6.54. The van der Waals surface area contributed by atoms with E-state index in [-0.39, 0.29) is 13.0 Å². The van der Waals surface area contributed by atoms with Gasteiger partial charge in [-0.3, -0.25) is 4.79 Å². The van der Waals surface area contributed by atoms with Gasteiger partial charge in [0.2, 0.25) is 0 Å². The standard InChI is InChI=1S/C29H29F2N3O3/c1-2-36-28(35)18-27(21-14-22(30)17-23(31)15-21)34-12-9-20-16-25(7-8-26(20)34)37-13-10-24-6-5-19-4-3-11-32-29(19)33-24/h5-9,12,14-17,27H,2-4,10-11,13,18H2,1H3,(H,32,33). The molecule has 0 spiro atoms. The van der Waals surface area contributed by atoms with Gasteiger partial charge in [-0.1, -0.05) is 6.07 Å². The number of nitrogens with one attached hydrogen (secondary N) is 1.